The molecule has 1 heterocycles. The minimum Gasteiger partial charge on any atom is -0.399 e. The highest BCUT2D eigenvalue weighted by Gasteiger charge is 2.17. The fourth-order valence-electron chi connectivity index (χ4n) is 1.87. The van der Waals surface area contributed by atoms with Crippen LogP contribution in [0.1, 0.15) is 12.8 Å². The topological polar surface area (TPSA) is 49.5 Å². The number of aliphatic hydroxyl groups is 1. The molecule has 3 N–H and O–H groups in total. The second-order valence-corrected chi connectivity index (χ2v) is 3.83. The van der Waals surface area contributed by atoms with E-state index in [1.165, 1.54) is 0 Å². The van der Waals surface area contributed by atoms with Gasteiger partial charge in [0.25, 0.3) is 0 Å². The van der Waals surface area contributed by atoms with Gasteiger partial charge in [0.2, 0.25) is 0 Å². The Bertz CT molecular complexity index is 297. The SMILES string of the molecule is Nc1ccc(N2CCC[C@H](O)C2)cc1. The molecule has 1 aliphatic rings. The van der Waals surface area contributed by atoms with Gasteiger partial charge in [-0.2, -0.15) is 0 Å². The summed E-state index contributed by atoms with van der Waals surface area (Å²) in [7, 11) is 0. The van der Waals surface area contributed by atoms with Crippen LogP contribution in [0.2, 0.25) is 0 Å². The third-order valence-electron chi connectivity index (χ3n) is 2.65. The Balaban J connectivity index is 2.10. The van der Waals surface area contributed by atoms with Gasteiger partial charge >= 0.3 is 0 Å². The second kappa shape index (κ2) is 3.88. The lowest BCUT2D eigenvalue weighted by atomic mass is 10.1. The average Bonchev–Trinajstić information content (AvgIpc) is 2.19. The summed E-state index contributed by atoms with van der Waals surface area (Å²) >= 11 is 0. The molecule has 76 valence electrons. The van der Waals surface area contributed by atoms with Crippen molar-refractivity contribution < 1.29 is 5.11 Å². The molecular formula is C11H16N2O. The highest BCUT2D eigenvalue weighted by molar-refractivity contribution is 5.53. The van der Waals surface area contributed by atoms with E-state index in [0.717, 1.165) is 37.3 Å². The molecule has 1 aromatic carbocycles. The van der Waals surface area contributed by atoms with Crippen molar-refractivity contribution in [3.63, 3.8) is 0 Å². The number of hydrogen-bond acceptors (Lipinski definition) is 3. The maximum Gasteiger partial charge on any atom is 0.0715 e. The molecular weight excluding hydrogens is 176 g/mol. The zero-order valence-electron chi connectivity index (χ0n) is 8.19. The Morgan fingerprint density at radius 1 is 1.29 bits per heavy atom. The Morgan fingerprint density at radius 2 is 2.00 bits per heavy atom. The van der Waals surface area contributed by atoms with E-state index in [9.17, 15) is 5.11 Å². The van der Waals surface area contributed by atoms with Crippen molar-refractivity contribution in [3.05, 3.63) is 24.3 Å². The first kappa shape index (κ1) is 9.34. The zero-order valence-corrected chi connectivity index (χ0v) is 8.19. The second-order valence-electron chi connectivity index (χ2n) is 3.83. The number of benzene rings is 1. The highest BCUT2D eigenvalue weighted by atomic mass is 16.3. The summed E-state index contributed by atoms with van der Waals surface area (Å²) in [5.41, 5.74) is 7.55. The summed E-state index contributed by atoms with van der Waals surface area (Å²) in [4.78, 5) is 2.20. The van der Waals surface area contributed by atoms with Crippen molar-refractivity contribution >= 4 is 11.4 Å². The van der Waals surface area contributed by atoms with Gasteiger partial charge in [0, 0.05) is 24.5 Å². The van der Waals surface area contributed by atoms with Crippen molar-refractivity contribution in [2.45, 2.75) is 18.9 Å². The van der Waals surface area contributed by atoms with E-state index in [4.69, 9.17) is 5.73 Å². The van der Waals surface area contributed by atoms with E-state index in [1.807, 2.05) is 24.3 Å². The van der Waals surface area contributed by atoms with Gasteiger partial charge in [0.05, 0.1) is 6.10 Å². The predicted molar refractivity (Wildman–Crippen MR) is 58.3 cm³/mol. The van der Waals surface area contributed by atoms with Crippen molar-refractivity contribution in [1.29, 1.82) is 0 Å². The lowest BCUT2D eigenvalue weighted by Crippen LogP contribution is -2.38. The Hall–Kier alpha value is -1.22. The maximum atomic E-state index is 9.53. The van der Waals surface area contributed by atoms with Crippen LogP contribution in [0, 0.1) is 0 Å². The number of aliphatic hydroxyl groups excluding tert-OH is 1. The summed E-state index contributed by atoms with van der Waals surface area (Å²) in [5, 5.41) is 9.53. The summed E-state index contributed by atoms with van der Waals surface area (Å²) in [6.45, 7) is 1.77. The van der Waals surface area contributed by atoms with Crippen LogP contribution < -0.4 is 10.6 Å². The molecule has 1 fully saturated rings. The molecule has 0 aliphatic carbocycles. The minimum atomic E-state index is -0.179. The molecule has 14 heavy (non-hydrogen) atoms. The lowest BCUT2D eigenvalue weighted by molar-refractivity contribution is 0.154. The maximum absolute atomic E-state index is 9.53. The van der Waals surface area contributed by atoms with E-state index in [2.05, 4.69) is 4.90 Å². The summed E-state index contributed by atoms with van der Waals surface area (Å²) in [6, 6.07) is 7.81. The molecule has 3 heteroatoms. The van der Waals surface area contributed by atoms with Gasteiger partial charge in [-0.3, -0.25) is 0 Å². The fourth-order valence-corrected chi connectivity index (χ4v) is 1.87. The Labute approximate surface area is 84.1 Å². The summed E-state index contributed by atoms with van der Waals surface area (Å²) in [5.74, 6) is 0. The normalized spacial score (nSPS) is 22.4. The number of hydrogen-bond donors (Lipinski definition) is 2. The fraction of sp³-hybridized carbons (Fsp3) is 0.455. The third-order valence-corrected chi connectivity index (χ3v) is 2.65. The Kier molecular flexibility index (Phi) is 2.59. The van der Waals surface area contributed by atoms with Crippen LogP contribution in [-0.4, -0.2) is 24.3 Å². The molecule has 1 atom stereocenters. The summed E-state index contributed by atoms with van der Waals surface area (Å²) < 4.78 is 0. The Morgan fingerprint density at radius 3 is 2.64 bits per heavy atom. The molecule has 1 saturated heterocycles. The van der Waals surface area contributed by atoms with Crippen LogP contribution in [0.15, 0.2) is 24.3 Å². The van der Waals surface area contributed by atoms with E-state index in [0.29, 0.717) is 0 Å². The van der Waals surface area contributed by atoms with Crippen LogP contribution in [0.5, 0.6) is 0 Å². The smallest absolute Gasteiger partial charge is 0.0715 e. The number of piperidine rings is 1. The number of anilines is 2. The molecule has 0 radical (unpaired) electrons. The largest absolute Gasteiger partial charge is 0.399 e. The van der Waals surface area contributed by atoms with E-state index >= 15 is 0 Å². The van der Waals surface area contributed by atoms with Gasteiger partial charge in [-0.25, -0.2) is 0 Å². The monoisotopic (exact) mass is 192 g/mol. The zero-order chi connectivity index (χ0) is 9.97. The lowest BCUT2D eigenvalue weighted by Gasteiger charge is -2.31. The van der Waals surface area contributed by atoms with Crippen LogP contribution in [0.25, 0.3) is 0 Å². The van der Waals surface area contributed by atoms with Gasteiger partial charge in [0.1, 0.15) is 0 Å². The van der Waals surface area contributed by atoms with Gasteiger partial charge in [-0.05, 0) is 37.1 Å². The van der Waals surface area contributed by atoms with E-state index in [-0.39, 0.29) is 6.10 Å². The molecule has 0 saturated carbocycles. The van der Waals surface area contributed by atoms with Crippen LogP contribution >= 0.6 is 0 Å². The quantitative estimate of drug-likeness (QED) is 0.658. The minimum absolute atomic E-state index is 0.179. The van der Waals surface area contributed by atoms with E-state index < -0.39 is 0 Å². The van der Waals surface area contributed by atoms with Crippen LogP contribution in [-0.2, 0) is 0 Å². The van der Waals surface area contributed by atoms with Crippen molar-refractivity contribution in [2.24, 2.45) is 0 Å². The van der Waals surface area contributed by atoms with Crippen molar-refractivity contribution in [1.82, 2.24) is 0 Å². The van der Waals surface area contributed by atoms with Gasteiger partial charge in [-0.15, -0.1) is 0 Å². The first-order chi connectivity index (χ1) is 6.75. The summed E-state index contributed by atoms with van der Waals surface area (Å²) in [6.07, 6.45) is 1.80. The molecule has 2 rings (SSSR count). The van der Waals surface area contributed by atoms with Crippen LogP contribution in [0.3, 0.4) is 0 Å². The molecule has 1 aliphatic heterocycles. The van der Waals surface area contributed by atoms with Crippen LogP contribution in [0.4, 0.5) is 11.4 Å². The third kappa shape index (κ3) is 1.99. The number of nitrogens with two attached hydrogens (primary N) is 1. The standard InChI is InChI=1S/C11H16N2O/c12-9-3-5-10(6-4-9)13-7-1-2-11(14)8-13/h3-6,11,14H,1-2,7-8,12H2/t11-/m0/s1. The van der Waals surface area contributed by atoms with E-state index in [1.54, 1.807) is 0 Å². The molecule has 0 bridgehead atoms. The molecule has 0 amide bonds. The number of nitrogens with zero attached hydrogens (tertiary/aromatic N) is 1. The predicted octanol–water partition coefficient (Wildman–Crippen LogP) is 1.23. The number of rotatable bonds is 1. The molecule has 0 aromatic heterocycles. The first-order valence-corrected chi connectivity index (χ1v) is 5.04. The highest BCUT2D eigenvalue weighted by Crippen LogP contribution is 2.20. The average molecular weight is 192 g/mol. The molecule has 3 nitrogen and oxygen atoms in total. The van der Waals surface area contributed by atoms with Crippen molar-refractivity contribution in [3.8, 4) is 0 Å². The molecule has 0 spiro atoms. The molecule has 1 aromatic rings. The number of β-amino-alcohol motifs (C(OH)–C–C–N with tert-alkyl or cyclic N) is 1. The van der Waals surface area contributed by atoms with Crippen molar-refractivity contribution in [2.75, 3.05) is 23.7 Å². The molecule has 0 unspecified atom stereocenters. The van der Waals surface area contributed by atoms with Gasteiger partial charge < -0.3 is 15.7 Å². The van der Waals surface area contributed by atoms with Gasteiger partial charge in [0.15, 0.2) is 0 Å². The first-order valence-electron chi connectivity index (χ1n) is 5.04. The van der Waals surface area contributed by atoms with Gasteiger partial charge in [-0.1, -0.05) is 0 Å². The number of nitrogen functional groups attached to an aromatic ring is 1.